The first-order valence-corrected chi connectivity index (χ1v) is 6.66. The van der Waals surface area contributed by atoms with E-state index in [1.165, 1.54) is 4.90 Å². The third-order valence-electron chi connectivity index (χ3n) is 4.18. The Labute approximate surface area is 113 Å². The van der Waals surface area contributed by atoms with Gasteiger partial charge >= 0.3 is 6.09 Å². The Morgan fingerprint density at radius 2 is 2.05 bits per heavy atom. The van der Waals surface area contributed by atoms with Crippen molar-refractivity contribution < 1.29 is 15.0 Å². The van der Waals surface area contributed by atoms with Crippen LogP contribution in [0.15, 0.2) is 30.3 Å². The van der Waals surface area contributed by atoms with E-state index < -0.39 is 11.7 Å². The van der Waals surface area contributed by atoms with Crippen LogP contribution in [0, 0.1) is 5.92 Å². The predicted octanol–water partition coefficient (Wildman–Crippen LogP) is 2.37. The molecule has 0 saturated carbocycles. The molecule has 19 heavy (non-hydrogen) atoms. The normalized spacial score (nSPS) is 31.2. The van der Waals surface area contributed by atoms with Crippen LogP contribution >= 0.6 is 0 Å². The lowest BCUT2D eigenvalue weighted by atomic mass is 9.78. The molecule has 1 saturated heterocycles. The topological polar surface area (TPSA) is 60.8 Å². The summed E-state index contributed by atoms with van der Waals surface area (Å²) in [4.78, 5) is 12.8. The lowest BCUT2D eigenvalue weighted by molar-refractivity contribution is -0.0670. The Balaban J connectivity index is 2.17. The second-order valence-corrected chi connectivity index (χ2v) is 5.74. The van der Waals surface area contributed by atoms with E-state index in [1.54, 1.807) is 6.92 Å². The van der Waals surface area contributed by atoms with Gasteiger partial charge < -0.3 is 15.1 Å². The maximum absolute atomic E-state index is 11.4. The molecule has 2 rings (SSSR count). The average molecular weight is 263 g/mol. The molecule has 1 aliphatic heterocycles. The monoisotopic (exact) mass is 263 g/mol. The van der Waals surface area contributed by atoms with Crippen LogP contribution in [0.25, 0.3) is 0 Å². The lowest BCUT2D eigenvalue weighted by Crippen LogP contribution is -2.56. The van der Waals surface area contributed by atoms with Gasteiger partial charge in [-0.05, 0) is 25.3 Å². The number of carboxylic acid groups (broad SMARTS) is 1. The summed E-state index contributed by atoms with van der Waals surface area (Å²) >= 11 is 0. The van der Waals surface area contributed by atoms with Gasteiger partial charge in [-0.1, -0.05) is 37.3 Å². The van der Waals surface area contributed by atoms with Crippen molar-refractivity contribution in [1.29, 1.82) is 0 Å². The zero-order valence-corrected chi connectivity index (χ0v) is 11.4. The van der Waals surface area contributed by atoms with Gasteiger partial charge in [0.25, 0.3) is 0 Å². The minimum absolute atomic E-state index is 0.0457. The van der Waals surface area contributed by atoms with E-state index in [1.807, 2.05) is 37.3 Å². The van der Waals surface area contributed by atoms with Crippen LogP contribution in [0.4, 0.5) is 4.79 Å². The third kappa shape index (κ3) is 3.07. The van der Waals surface area contributed by atoms with Gasteiger partial charge in [0.1, 0.15) is 0 Å². The molecule has 3 unspecified atom stereocenters. The molecule has 1 heterocycles. The van der Waals surface area contributed by atoms with Gasteiger partial charge in [0.05, 0.1) is 5.60 Å². The van der Waals surface area contributed by atoms with E-state index >= 15 is 0 Å². The maximum Gasteiger partial charge on any atom is 0.407 e. The van der Waals surface area contributed by atoms with Crippen molar-refractivity contribution in [1.82, 2.24) is 4.90 Å². The zero-order valence-electron chi connectivity index (χ0n) is 11.4. The highest BCUT2D eigenvalue weighted by molar-refractivity contribution is 5.65. The minimum atomic E-state index is -0.900. The van der Waals surface area contributed by atoms with E-state index in [2.05, 4.69) is 0 Å². The number of hydrogen-bond donors (Lipinski definition) is 2. The van der Waals surface area contributed by atoms with Crippen LogP contribution in [-0.4, -0.2) is 39.4 Å². The molecule has 0 bridgehead atoms. The molecule has 1 aliphatic rings. The van der Waals surface area contributed by atoms with Gasteiger partial charge in [0.2, 0.25) is 0 Å². The van der Waals surface area contributed by atoms with Crippen molar-refractivity contribution in [3.63, 3.8) is 0 Å². The standard InChI is InChI=1S/C15H21NO3/c1-11-10-16(14(17)18)13(9-15(11,2)19)8-12-6-4-3-5-7-12/h3-7,11,13,19H,8-10H2,1-2H3,(H,17,18). The van der Waals surface area contributed by atoms with Crippen LogP contribution in [0.3, 0.4) is 0 Å². The summed E-state index contributed by atoms with van der Waals surface area (Å²) in [6, 6.07) is 9.66. The largest absolute Gasteiger partial charge is 0.465 e. The van der Waals surface area contributed by atoms with Gasteiger partial charge in [-0.3, -0.25) is 0 Å². The first kappa shape index (κ1) is 13.9. The van der Waals surface area contributed by atoms with Crippen molar-refractivity contribution in [2.75, 3.05) is 6.54 Å². The SMILES string of the molecule is CC1CN(C(=O)O)C(Cc2ccccc2)CC1(C)O. The fourth-order valence-electron chi connectivity index (χ4n) is 2.73. The molecular weight excluding hydrogens is 242 g/mol. The molecule has 1 fully saturated rings. The smallest absolute Gasteiger partial charge is 0.407 e. The third-order valence-corrected chi connectivity index (χ3v) is 4.18. The Kier molecular flexibility index (Phi) is 3.80. The summed E-state index contributed by atoms with van der Waals surface area (Å²) < 4.78 is 0. The Bertz CT molecular complexity index is 444. The number of aliphatic hydroxyl groups is 1. The van der Waals surface area contributed by atoms with E-state index in [0.717, 1.165) is 5.56 Å². The summed E-state index contributed by atoms with van der Waals surface area (Å²) in [7, 11) is 0. The van der Waals surface area contributed by atoms with Gasteiger partial charge in [-0.2, -0.15) is 0 Å². The molecule has 4 heteroatoms. The fraction of sp³-hybridized carbons (Fsp3) is 0.533. The molecule has 4 nitrogen and oxygen atoms in total. The molecule has 3 atom stereocenters. The number of likely N-dealkylation sites (tertiary alicyclic amines) is 1. The summed E-state index contributed by atoms with van der Waals surface area (Å²) in [5.41, 5.74) is 0.301. The zero-order chi connectivity index (χ0) is 14.0. The molecular formula is C15H21NO3. The summed E-state index contributed by atoms with van der Waals surface area (Å²) in [5, 5.41) is 19.7. The second-order valence-electron chi connectivity index (χ2n) is 5.74. The van der Waals surface area contributed by atoms with Crippen LogP contribution in [0.5, 0.6) is 0 Å². The van der Waals surface area contributed by atoms with E-state index in [0.29, 0.717) is 19.4 Å². The second kappa shape index (κ2) is 5.21. The Hall–Kier alpha value is -1.55. The van der Waals surface area contributed by atoms with Crippen molar-refractivity contribution in [3.05, 3.63) is 35.9 Å². The lowest BCUT2D eigenvalue weighted by Gasteiger charge is -2.45. The highest BCUT2D eigenvalue weighted by Gasteiger charge is 2.41. The van der Waals surface area contributed by atoms with Crippen molar-refractivity contribution >= 4 is 6.09 Å². The molecule has 0 radical (unpaired) electrons. The van der Waals surface area contributed by atoms with Crippen LogP contribution < -0.4 is 0 Å². The number of benzene rings is 1. The van der Waals surface area contributed by atoms with Gasteiger partial charge in [-0.25, -0.2) is 4.79 Å². The van der Waals surface area contributed by atoms with Crippen LogP contribution in [-0.2, 0) is 6.42 Å². The van der Waals surface area contributed by atoms with Crippen molar-refractivity contribution in [2.24, 2.45) is 5.92 Å². The number of rotatable bonds is 2. The van der Waals surface area contributed by atoms with Crippen molar-refractivity contribution in [2.45, 2.75) is 38.3 Å². The minimum Gasteiger partial charge on any atom is -0.465 e. The average Bonchev–Trinajstić information content (AvgIpc) is 2.34. The first-order chi connectivity index (χ1) is 8.90. The van der Waals surface area contributed by atoms with Gasteiger partial charge in [0, 0.05) is 18.5 Å². The van der Waals surface area contributed by atoms with Crippen LogP contribution in [0.2, 0.25) is 0 Å². The summed E-state index contributed by atoms with van der Waals surface area (Å²) in [5.74, 6) is -0.0457. The molecule has 1 aromatic carbocycles. The number of piperidine rings is 1. The summed E-state index contributed by atoms with van der Waals surface area (Å²) in [6.45, 7) is 4.09. The number of hydrogen-bond acceptors (Lipinski definition) is 2. The molecule has 0 aromatic heterocycles. The number of nitrogens with zero attached hydrogens (tertiary/aromatic N) is 1. The molecule has 1 aromatic rings. The van der Waals surface area contributed by atoms with E-state index in [4.69, 9.17) is 0 Å². The van der Waals surface area contributed by atoms with Gasteiger partial charge in [-0.15, -0.1) is 0 Å². The number of carbonyl (C=O) groups is 1. The quantitative estimate of drug-likeness (QED) is 0.861. The van der Waals surface area contributed by atoms with Gasteiger partial charge in [0.15, 0.2) is 0 Å². The fourth-order valence-corrected chi connectivity index (χ4v) is 2.73. The molecule has 104 valence electrons. The van der Waals surface area contributed by atoms with E-state index in [9.17, 15) is 15.0 Å². The molecule has 2 N–H and O–H groups in total. The maximum atomic E-state index is 11.4. The summed E-state index contributed by atoms with van der Waals surface area (Å²) in [6.07, 6.45) is 0.231. The predicted molar refractivity (Wildman–Crippen MR) is 73.1 cm³/mol. The molecule has 0 spiro atoms. The number of amides is 1. The molecule has 1 amide bonds. The highest BCUT2D eigenvalue weighted by Crippen LogP contribution is 2.32. The Morgan fingerprint density at radius 1 is 1.42 bits per heavy atom. The van der Waals surface area contributed by atoms with Crippen LogP contribution in [0.1, 0.15) is 25.8 Å². The van der Waals surface area contributed by atoms with Crippen molar-refractivity contribution in [3.8, 4) is 0 Å². The molecule has 0 aliphatic carbocycles. The van der Waals surface area contributed by atoms with E-state index in [-0.39, 0.29) is 12.0 Å². The Morgan fingerprint density at radius 3 is 2.63 bits per heavy atom. The highest BCUT2D eigenvalue weighted by atomic mass is 16.4. The first-order valence-electron chi connectivity index (χ1n) is 6.66.